The van der Waals surface area contributed by atoms with Gasteiger partial charge in [-0.15, -0.1) is 0 Å². The largest absolute Gasteiger partial charge is 0.391 e. The fourth-order valence-corrected chi connectivity index (χ4v) is 1.12. The van der Waals surface area contributed by atoms with Gasteiger partial charge in [0.25, 0.3) is 0 Å². The Balaban J connectivity index is 1.78. The quantitative estimate of drug-likeness (QED) is 0.450. The number of hydrogen-bond donors (Lipinski definition) is 0. The van der Waals surface area contributed by atoms with Crippen LogP contribution in [0.4, 0.5) is 0 Å². The monoisotopic (exact) mass is 170 g/mol. The third-order valence-corrected chi connectivity index (χ3v) is 2.06. The Kier molecular flexibility index (Phi) is 1.84. The van der Waals surface area contributed by atoms with Crippen molar-refractivity contribution >= 4 is 11.9 Å². The molecule has 1 aliphatic carbocycles. The highest BCUT2D eigenvalue weighted by Gasteiger charge is 2.35. The van der Waals surface area contributed by atoms with Crippen LogP contribution >= 0.6 is 0 Å². The first-order valence-corrected chi connectivity index (χ1v) is 4.12. The molecule has 1 aliphatic heterocycles. The van der Waals surface area contributed by atoms with Gasteiger partial charge in [-0.1, -0.05) is 0 Å². The van der Waals surface area contributed by atoms with E-state index < -0.39 is 18.0 Å². The van der Waals surface area contributed by atoms with Gasteiger partial charge in [-0.2, -0.15) is 0 Å². The van der Waals surface area contributed by atoms with Crippen molar-refractivity contribution in [1.82, 2.24) is 0 Å². The summed E-state index contributed by atoms with van der Waals surface area (Å²) >= 11 is 0. The van der Waals surface area contributed by atoms with Gasteiger partial charge in [0.05, 0.1) is 13.0 Å². The number of carbonyl (C=O) groups excluding carboxylic acids is 2. The van der Waals surface area contributed by atoms with Crippen LogP contribution in [-0.4, -0.2) is 24.6 Å². The number of hydrogen-bond acceptors (Lipinski definition) is 4. The van der Waals surface area contributed by atoms with Gasteiger partial charge >= 0.3 is 11.9 Å². The van der Waals surface area contributed by atoms with Crippen LogP contribution in [0, 0.1) is 5.92 Å². The van der Waals surface area contributed by atoms with E-state index in [9.17, 15) is 9.59 Å². The Morgan fingerprint density at radius 3 is 2.67 bits per heavy atom. The van der Waals surface area contributed by atoms with Crippen molar-refractivity contribution in [2.75, 3.05) is 6.61 Å². The molecule has 1 heterocycles. The van der Waals surface area contributed by atoms with Crippen molar-refractivity contribution < 1.29 is 19.1 Å². The molecular weight excluding hydrogens is 160 g/mol. The second kappa shape index (κ2) is 2.86. The molecule has 0 aromatic rings. The van der Waals surface area contributed by atoms with Crippen LogP contribution in [0.15, 0.2) is 0 Å². The summed E-state index contributed by atoms with van der Waals surface area (Å²) in [5.74, 6) is -0.394. The first-order valence-electron chi connectivity index (χ1n) is 4.12. The lowest BCUT2D eigenvalue weighted by molar-refractivity contribution is -0.155. The first kappa shape index (κ1) is 7.73. The summed E-state index contributed by atoms with van der Waals surface area (Å²) in [5.41, 5.74) is 0. The predicted molar refractivity (Wildman–Crippen MR) is 38.2 cm³/mol. The molecule has 0 aromatic carbocycles. The lowest BCUT2D eigenvalue weighted by Crippen LogP contribution is -2.19. The normalized spacial score (nSPS) is 29.2. The highest BCUT2D eigenvalue weighted by molar-refractivity contribution is 5.96. The standard InChI is InChI=1S/C8H10O4/c9-7-3-6(8(10)12-7)11-4-5-1-2-5/h5-6H,1-4H2. The van der Waals surface area contributed by atoms with Crippen molar-refractivity contribution in [1.29, 1.82) is 0 Å². The first-order chi connectivity index (χ1) is 5.75. The maximum absolute atomic E-state index is 10.8. The molecule has 0 N–H and O–H groups in total. The van der Waals surface area contributed by atoms with Crippen LogP contribution in [0.5, 0.6) is 0 Å². The van der Waals surface area contributed by atoms with Crippen molar-refractivity contribution in [2.24, 2.45) is 5.92 Å². The van der Waals surface area contributed by atoms with Crippen LogP contribution in [0.1, 0.15) is 19.3 Å². The molecule has 4 nitrogen and oxygen atoms in total. The van der Waals surface area contributed by atoms with E-state index in [4.69, 9.17) is 4.74 Å². The summed E-state index contributed by atoms with van der Waals surface area (Å²) in [6, 6.07) is 0. The Morgan fingerprint density at radius 1 is 1.42 bits per heavy atom. The molecule has 1 saturated heterocycles. The summed E-state index contributed by atoms with van der Waals surface area (Å²) < 4.78 is 9.54. The number of ether oxygens (including phenoxy) is 2. The molecule has 2 fully saturated rings. The minimum Gasteiger partial charge on any atom is -0.391 e. The van der Waals surface area contributed by atoms with Gasteiger partial charge in [-0.3, -0.25) is 4.79 Å². The maximum atomic E-state index is 10.8. The highest BCUT2D eigenvalue weighted by atomic mass is 16.6. The fraction of sp³-hybridized carbons (Fsp3) is 0.750. The van der Waals surface area contributed by atoms with Gasteiger partial charge in [0, 0.05) is 0 Å². The summed E-state index contributed by atoms with van der Waals surface area (Å²) in [6.07, 6.45) is 1.81. The van der Waals surface area contributed by atoms with Crippen LogP contribution in [-0.2, 0) is 19.1 Å². The van der Waals surface area contributed by atoms with Gasteiger partial charge in [0.1, 0.15) is 0 Å². The van der Waals surface area contributed by atoms with E-state index in [-0.39, 0.29) is 6.42 Å². The van der Waals surface area contributed by atoms with Crippen molar-refractivity contribution in [3.05, 3.63) is 0 Å². The summed E-state index contributed by atoms with van der Waals surface area (Å²) in [4.78, 5) is 21.5. The second-order valence-electron chi connectivity index (χ2n) is 3.26. The van der Waals surface area contributed by atoms with Gasteiger partial charge in [-0.05, 0) is 18.8 Å². The second-order valence-corrected chi connectivity index (χ2v) is 3.26. The van der Waals surface area contributed by atoms with Crippen molar-refractivity contribution in [3.63, 3.8) is 0 Å². The third kappa shape index (κ3) is 1.64. The molecule has 0 aromatic heterocycles. The number of rotatable bonds is 3. The van der Waals surface area contributed by atoms with E-state index in [1.165, 1.54) is 12.8 Å². The lowest BCUT2D eigenvalue weighted by Gasteiger charge is -2.04. The number of carbonyl (C=O) groups is 2. The van der Waals surface area contributed by atoms with E-state index in [0.29, 0.717) is 12.5 Å². The molecule has 0 radical (unpaired) electrons. The molecule has 1 atom stereocenters. The van der Waals surface area contributed by atoms with E-state index in [1.807, 2.05) is 0 Å². The molecule has 12 heavy (non-hydrogen) atoms. The minimum atomic E-state index is -0.627. The Hall–Kier alpha value is -0.900. The smallest absolute Gasteiger partial charge is 0.343 e. The fourth-order valence-electron chi connectivity index (χ4n) is 1.12. The number of cyclic esters (lactones) is 2. The zero-order valence-electron chi connectivity index (χ0n) is 6.62. The molecule has 66 valence electrons. The average Bonchev–Trinajstić information content (AvgIpc) is 2.76. The molecule has 1 unspecified atom stereocenters. The van der Waals surface area contributed by atoms with Crippen LogP contribution in [0.2, 0.25) is 0 Å². The summed E-state index contributed by atoms with van der Waals surface area (Å²) in [5, 5.41) is 0. The van der Waals surface area contributed by atoms with Crippen LogP contribution in [0.25, 0.3) is 0 Å². The van der Waals surface area contributed by atoms with Crippen molar-refractivity contribution in [3.8, 4) is 0 Å². The van der Waals surface area contributed by atoms with E-state index >= 15 is 0 Å². The predicted octanol–water partition coefficient (Wildman–Crippen LogP) is 0.255. The van der Waals surface area contributed by atoms with Gasteiger partial charge in [-0.25, -0.2) is 4.79 Å². The molecule has 0 spiro atoms. The molecule has 0 bridgehead atoms. The molecule has 0 amide bonds. The molecular formula is C8H10O4. The summed E-state index contributed by atoms with van der Waals surface area (Å²) in [6.45, 7) is 0.590. The van der Waals surface area contributed by atoms with Crippen LogP contribution in [0.3, 0.4) is 0 Å². The van der Waals surface area contributed by atoms with E-state index in [2.05, 4.69) is 4.74 Å². The molecule has 4 heteroatoms. The third-order valence-electron chi connectivity index (χ3n) is 2.06. The van der Waals surface area contributed by atoms with Gasteiger partial charge in [0.15, 0.2) is 6.10 Å². The highest BCUT2D eigenvalue weighted by Crippen LogP contribution is 2.29. The average molecular weight is 170 g/mol. The molecule has 1 saturated carbocycles. The molecule has 2 aliphatic rings. The Morgan fingerprint density at radius 2 is 2.17 bits per heavy atom. The molecule has 2 rings (SSSR count). The SMILES string of the molecule is O=C1CC(OCC2CC2)C(=O)O1. The van der Waals surface area contributed by atoms with Crippen molar-refractivity contribution in [2.45, 2.75) is 25.4 Å². The Bertz CT molecular complexity index is 219. The zero-order valence-corrected chi connectivity index (χ0v) is 6.62. The topological polar surface area (TPSA) is 52.6 Å². The summed E-state index contributed by atoms with van der Waals surface area (Å²) in [7, 11) is 0. The zero-order chi connectivity index (χ0) is 8.55. The lowest BCUT2D eigenvalue weighted by atomic mass is 10.3. The van der Waals surface area contributed by atoms with Crippen LogP contribution < -0.4 is 0 Å². The van der Waals surface area contributed by atoms with Gasteiger partial charge in [0.2, 0.25) is 0 Å². The Labute approximate surface area is 69.8 Å². The minimum absolute atomic E-state index is 0.0888. The number of esters is 2. The van der Waals surface area contributed by atoms with Gasteiger partial charge < -0.3 is 9.47 Å². The van der Waals surface area contributed by atoms with E-state index in [1.54, 1.807) is 0 Å². The van der Waals surface area contributed by atoms with E-state index in [0.717, 1.165) is 0 Å². The maximum Gasteiger partial charge on any atom is 0.343 e.